The maximum atomic E-state index is 13.5. The molecule has 1 aliphatic carbocycles. The van der Waals surface area contributed by atoms with Gasteiger partial charge in [-0.05, 0) is 37.5 Å². The molecule has 0 radical (unpaired) electrons. The second kappa shape index (κ2) is 9.12. The molecule has 190 valence electrons. The summed E-state index contributed by atoms with van der Waals surface area (Å²) in [4.78, 5) is 27.3. The summed E-state index contributed by atoms with van der Waals surface area (Å²) in [6.45, 7) is 1.39. The number of rotatable bonds is 5. The first-order chi connectivity index (χ1) is 17.1. The largest absolute Gasteiger partial charge is 0.444 e. The van der Waals surface area contributed by atoms with Crippen LogP contribution in [0.25, 0.3) is 0 Å². The Balaban J connectivity index is 1.23. The minimum absolute atomic E-state index is 0.0253. The van der Waals surface area contributed by atoms with Gasteiger partial charge in [0.05, 0.1) is 16.9 Å². The highest BCUT2D eigenvalue weighted by atomic mass is 35.5. The molecule has 10 nitrogen and oxygen atoms in total. The van der Waals surface area contributed by atoms with Crippen molar-refractivity contribution in [2.45, 2.75) is 31.8 Å². The number of amides is 2. The van der Waals surface area contributed by atoms with Gasteiger partial charge in [0.2, 0.25) is 0 Å². The number of aromatic nitrogens is 4. The molecule has 1 saturated carbocycles. The maximum Gasteiger partial charge on any atom is 0.410 e. The number of aryl methyl sites for hydroxylation is 2. The zero-order chi connectivity index (χ0) is 25.6. The highest BCUT2D eigenvalue weighted by Crippen LogP contribution is 2.52. The van der Waals surface area contributed by atoms with E-state index in [1.54, 1.807) is 22.8 Å². The predicted octanol–water partition coefficient (Wildman–Crippen LogP) is 3.69. The second-order valence-electron chi connectivity index (χ2n) is 9.72. The molecule has 2 fully saturated rings. The van der Waals surface area contributed by atoms with Crippen LogP contribution in [0.3, 0.4) is 0 Å². The van der Waals surface area contributed by atoms with Gasteiger partial charge >= 0.3 is 6.09 Å². The number of nitrogens with one attached hydrogen (secondary N) is 1. The molecule has 3 N–H and O–H groups in total. The van der Waals surface area contributed by atoms with Crippen molar-refractivity contribution in [3.8, 4) is 0 Å². The van der Waals surface area contributed by atoms with Gasteiger partial charge in [0, 0.05) is 56.0 Å². The lowest BCUT2D eigenvalue weighted by Crippen LogP contribution is -2.57. The minimum Gasteiger partial charge on any atom is -0.444 e. The van der Waals surface area contributed by atoms with E-state index in [1.807, 2.05) is 13.2 Å². The summed E-state index contributed by atoms with van der Waals surface area (Å²) < 4.78 is 22.1. The monoisotopic (exact) mass is 515 g/mol. The van der Waals surface area contributed by atoms with E-state index in [-0.39, 0.29) is 34.9 Å². The van der Waals surface area contributed by atoms with E-state index in [1.165, 1.54) is 22.9 Å². The molecule has 3 aromatic rings. The zero-order valence-corrected chi connectivity index (χ0v) is 20.8. The highest BCUT2D eigenvalue weighted by Gasteiger charge is 2.51. The number of hydrogen-bond acceptors (Lipinski definition) is 6. The number of anilines is 2. The third-order valence-corrected chi connectivity index (χ3v) is 7.33. The van der Waals surface area contributed by atoms with Gasteiger partial charge in [-0.3, -0.25) is 14.2 Å². The van der Waals surface area contributed by atoms with Crippen LogP contribution in [0.2, 0.25) is 5.02 Å². The lowest BCUT2D eigenvalue weighted by Gasteiger charge is -2.47. The third kappa shape index (κ3) is 4.50. The van der Waals surface area contributed by atoms with Gasteiger partial charge in [-0.25, -0.2) is 9.18 Å². The van der Waals surface area contributed by atoms with Crippen molar-refractivity contribution >= 4 is 35.1 Å². The summed E-state index contributed by atoms with van der Waals surface area (Å²) in [6, 6.07) is 3.98. The Hall–Kier alpha value is -3.60. The topological polar surface area (TPSA) is 120 Å². The summed E-state index contributed by atoms with van der Waals surface area (Å²) in [5.74, 6) is -0.707. The van der Waals surface area contributed by atoms with Gasteiger partial charge in [0.1, 0.15) is 23.8 Å². The number of nitrogens with zero attached hydrogens (tertiary/aromatic N) is 5. The summed E-state index contributed by atoms with van der Waals surface area (Å²) in [5.41, 5.74) is 8.34. The van der Waals surface area contributed by atoms with Gasteiger partial charge in [-0.2, -0.15) is 10.2 Å². The maximum absolute atomic E-state index is 13.5. The quantitative estimate of drug-likeness (QED) is 0.534. The SMILES string of the molecule is Cn1cc(COC(=O)N2CC3(CCC(c4nn(C)c(N)c4C(=O)Nc4ccc(F)c(Cl)c4)C3)C2)cn1. The second-order valence-corrected chi connectivity index (χ2v) is 10.1. The van der Waals surface area contributed by atoms with Crippen LogP contribution >= 0.6 is 11.6 Å². The number of carbonyl (C=O) groups excluding carboxylic acids is 2. The van der Waals surface area contributed by atoms with Crippen LogP contribution < -0.4 is 11.1 Å². The van der Waals surface area contributed by atoms with E-state index >= 15 is 0 Å². The zero-order valence-electron chi connectivity index (χ0n) is 20.0. The Morgan fingerprint density at radius 3 is 2.81 bits per heavy atom. The molecular formula is C24H27ClFN7O3. The molecule has 5 rings (SSSR count). The molecule has 2 aliphatic rings. The molecule has 1 unspecified atom stereocenters. The fraction of sp³-hybridized carbons (Fsp3) is 0.417. The van der Waals surface area contributed by atoms with Crippen molar-refractivity contribution in [1.29, 1.82) is 0 Å². The highest BCUT2D eigenvalue weighted by molar-refractivity contribution is 6.31. The predicted molar refractivity (Wildman–Crippen MR) is 131 cm³/mol. The normalized spacial score (nSPS) is 18.3. The molecule has 3 heterocycles. The van der Waals surface area contributed by atoms with E-state index < -0.39 is 11.7 Å². The van der Waals surface area contributed by atoms with Crippen LogP contribution in [0.4, 0.5) is 20.7 Å². The van der Waals surface area contributed by atoms with Crippen LogP contribution in [-0.4, -0.2) is 49.6 Å². The minimum atomic E-state index is -0.567. The van der Waals surface area contributed by atoms with Crippen LogP contribution in [0, 0.1) is 11.2 Å². The Kier molecular flexibility index (Phi) is 6.11. The van der Waals surface area contributed by atoms with Crippen molar-refractivity contribution in [3.63, 3.8) is 0 Å². The Bertz CT molecular complexity index is 1330. The van der Waals surface area contributed by atoms with Crippen molar-refractivity contribution < 1.29 is 18.7 Å². The first kappa shape index (κ1) is 24.1. The first-order valence-electron chi connectivity index (χ1n) is 11.6. The number of carbonyl (C=O) groups is 2. The summed E-state index contributed by atoms with van der Waals surface area (Å²) in [5, 5.41) is 11.3. The van der Waals surface area contributed by atoms with Crippen molar-refractivity contribution in [3.05, 3.63) is 58.3 Å². The number of halogens is 2. The standard InChI is InChI=1S/C24H27ClFN7O3/c1-31-10-14(9-28-31)11-36-23(35)33-12-24(13-33)6-5-15(8-24)20-19(21(27)32(2)30-20)22(34)29-16-3-4-18(26)17(25)7-16/h3-4,7,9-10,15H,5-6,8,11-13,27H2,1-2H3,(H,29,34). The fourth-order valence-corrected chi connectivity index (χ4v) is 5.43. The van der Waals surface area contributed by atoms with Crippen LogP contribution in [0.5, 0.6) is 0 Å². The molecular weight excluding hydrogens is 489 g/mol. The van der Waals surface area contributed by atoms with Crippen molar-refractivity contribution in [2.75, 3.05) is 24.1 Å². The summed E-state index contributed by atoms with van der Waals surface area (Å²) >= 11 is 5.85. The number of nitrogens with two attached hydrogens (primary N) is 1. The van der Waals surface area contributed by atoms with Crippen molar-refractivity contribution in [1.82, 2.24) is 24.5 Å². The Labute approximate surface area is 212 Å². The van der Waals surface area contributed by atoms with Crippen LogP contribution in [0.1, 0.15) is 46.8 Å². The lowest BCUT2D eigenvalue weighted by molar-refractivity contribution is -0.00303. The number of hydrogen-bond donors (Lipinski definition) is 2. The molecule has 1 aromatic carbocycles. The molecule has 0 bridgehead atoms. The van der Waals surface area contributed by atoms with Gasteiger partial charge < -0.3 is 20.7 Å². The van der Waals surface area contributed by atoms with Crippen molar-refractivity contribution in [2.24, 2.45) is 19.5 Å². The average molecular weight is 516 g/mol. The van der Waals surface area contributed by atoms with Gasteiger partial charge in [0.25, 0.3) is 5.91 Å². The number of nitrogen functional groups attached to an aromatic ring is 1. The van der Waals surface area contributed by atoms with E-state index in [4.69, 9.17) is 22.1 Å². The molecule has 2 amide bonds. The van der Waals surface area contributed by atoms with Gasteiger partial charge in [-0.15, -0.1) is 0 Å². The molecule has 1 atom stereocenters. The Morgan fingerprint density at radius 2 is 2.11 bits per heavy atom. The van der Waals surface area contributed by atoms with Gasteiger partial charge in [-0.1, -0.05) is 11.6 Å². The summed E-state index contributed by atoms with van der Waals surface area (Å²) in [6.07, 6.45) is 5.67. The number of likely N-dealkylation sites (tertiary alicyclic amines) is 1. The molecule has 2 aromatic heterocycles. The molecule has 36 heavy (non-hydrogen) atoms. The average Bonchev–Trinajstić information content (AvgIpc) is 3.51. The number of ether oxygens (including phenoxy) is 1. The van der Waals surface area contributed by atoms with Crippen LogP contribution in [-0.2, 0) is 25.4 Å². The van der Waals surface area contributed by atoms with Gasteiger partial charge in [0.15, 0.2) is 0 Å². The Morgan fingerprint density at radius 1 is 1.33 bits per heavy atom. The first-order valence-corrected chi connectivity index (χ1v) is 12.0. The molecule has 1 aliphatic heterocycles. The fourth-order valence-electron chi connectivity index (χ4n) is 5.25. The molecule has 1 spiro atoms. The summed E-state index contributed by atoms with van der Waals surface area (Å²) in [7, 11) is 3.50. The molecule has 12 heteroatoms. The third-order valence-electron chi connectivity index (χ3n) is 7.04. The van der Waals surface area contributed by atoms with E-state index in [2.05, 4.69) is 15.5 Å². The van der Waals surface area contributed by atoms with E-state index in [0.717, 1.165) is 24.8 Å². The number of benzene rings is 1. The van der Waals surface area contributed by atoms with E-state index in [0.29, 0.717) is 30.0 Å². The van der Waals surface area contributed by atoms with E-state index in [9.17, 15) is 14.0 Å². The smallest absolute Gasteiger partial charge is 0.410 e. The van der Waals surface area contributed by atoms with Crippen LogP contribution in [0.15, 0.2) is 30.6 Å². The molecule has 1 saturated heterocycles. The lowest BCUT2D eigenvalue weighted by atomic mass is 9.77.